The number of pyridine rings is 1. The molecule has 5 heteroatoms. The molecular weight excluding hydrogens is 290 g/mol. The molecule has 4 rings (SSSR count). The van der Waals surface area contributed by atoms with Gasteiger partial charge in [-0.15, -0.1) is 0 Å². The molecule has 0 aliphatic carbocycles. The number of hydrogen-bond donors (Lipinski definition) is 1. The fourth-order valence-corrected chi connectivity index (χ4v) is 2.77. The van der Waals surface area contributed by atoms with E-state index in [0.717, 1.165) is 16.5 Å². The summed E-state index contributed by atoms with van der Waals surface area (Å²) in [7, 11) is 0. The molecule has 1 aliphatic heterocycles. The number of carbonyl (C=O) groups excluding carboxylic acids is 1. The Kier molecular flexibility index (Phi) is 3.31. The summed E-state index contributed by atoms with van der Waals surface area (Å²) >= 11 is 0. The van der Waals surface area contributed by atoms with Gasteiger partial charge < -0.3 is 10.1 Å². The van der Waals surface area contributed by atoms with Crippen LogP contribution in [0.2, 0.25) is 0 Å². The summed E-state index contributed by atoms with van der Waals surface area (Å²) in [4.78, 5) is 18.6. The molecule has 114 valence electrons. The normalized spacial score (nSPS) is 13.3. The largest absolute Gasteiger partial charge is 0.488 e. The van der Waals surface area contributed by atoms with Crippen molar-refractivity contribution < 1.29 is 9.53 Å². The first-order valence-corrected chi connectivity index (χ1v) is 7.47. The van der Waals surface area contributed by atoms with Crippen LogP contribution in [0.25, 0.3) is 10.8 Å². The van der Waals surface area contributed by atoms with E-state index in [-0.39, 0.29) is 6.03 Å². The Labute approximate surface area is 133 Å². The monoisotopic (exact) mass is 305 g/mol. The molecule has 0 atom stereocenters. The van der Waals surface area contributed by atoms with Crippen LogP contribution in [0.5, 0.6) is 5.75 Å². The van der Waals surface area contributed by atoms with Gasteiger partial charge >= 0.3 is 6.03 Å². The Balaban J connectivity index is 1.66. The third-order valence-electron chi connectivity index (χ3n) is 3.86. The molecule has 0 spiro atoms. The molecular formula is C18H15N3O2. The van der Waals surface area contributed by atoms with Gasteiger partial charge in [-0.1, -0.05) is 36.4 Å². The van der Waals surface area contributed by atoms with Gasteiger partial charge in [-0.2, -0.15) is 0 Å². The predicted molar refractivity (Wildman–Crippen MR) is 90.0 cm³/mol. The van der Waals surface area contributed by atoms with Crippen molar-refractivity contribution in [3.8, 4) is 5.75 Å². The van der Waals surface area contributed by atoms with E-state index in [0.29, 0.717) is 24.7 Å². The Morgan fingerprint density at radius 1 is 1.09 bits per heavy atom. The molecule has 3 aromatic rings. The van der Waals surface area contributed by atoms with Crippen LogP contribution in [0.1, 0.15) is 0 Å². The molecule has 0 radical (unpaired) electrons. The maximum atomic E-state index is 12.7. The number of nitrogens with zero attached hydrogens (tertiary/aromatic N) is 2. The highest BCUT2D eigenvalue weighted by Crippen LogP contribution is 2.29. The molecule has 1 N–H and O–H groups in total. The van der Waals surface area contributed by atoms with Crippen LogP contribution < -0.4 is 15.0 Å². The number of amides is 2. The number of carbonyl (C=O) groups is 1. The van der Waals surface area contributed by atoms with Gasteiger partial charge in [-0.05, 0) is 23.6 Å². The lowest BCUT2D eigenvalue weighted by Crippen LogP contribution is -2.41. The van der Waals surface area contributed by atoms with Gasteiger partial charge in [0.1, 0.15) is 6.61 Å². The number of aromatic nitrogens is 1. The van der Waals surface area contributed by atoms with Crippen LogP contribution in [-0.4, -0.2) is 24.2 Å². The van der Waals surface area contributed by atoms with Crippen molar-refractivity contribution >= 4 is 28.3 Å². The summed E-state index contributed by atoms with van der Waals surface area (Å²) in [5, 5.41) is 5.09. The first-order chi connectivity index (χ1) is 11.3. The van der Waals surface area contributed by atoms with Crippen molar-refractivity contribution in [1.29, 1.82) is 0 Å². The lowest BCUT2D eigenvalue weighted by molar-refractivity contribution is 0.249. The zero-order valence-electron chi connectivity index (χ0n) is 12.4. The van der Waals surface area contributed by atoms with E-state index in [4.69, 9.17) is 4.74 Å². The van der Waals surface area contributed by atoms with E-state index in [1.54, 1.807) is 17.2 Å². The van der Waals surface area contributed by atoms with Gasteiger partial charge in [0.05, 0.1) is 12.2 Å². The molecule has 0 unspecified atom stereocenters. The average Bonchev–Trinajstić information content (AvgIpc) is 2.61. The predicted octanol–water partition coefficient (Wildman–Crippen LogP) is 3.67. The SMILES string of the molecule is O=C(Nc1cccc2ccccc12)N1CCOc2cccnc21. The summed E-state index contributed by atoms with van der Waals surface area (Å²) in [5.74, 6) is 1.18. The molecule has 1 aromatic heterocycles. The average molecular weight is 305 g/mol. The molecule has 0 fully saturated rings. The number of benzene rings is 2. The van der Waals surface area contributed by atoms with Gasteiger partial charge in [-0.25, -0.2) is 9.78 Å². The Hall–Kier alpha value is -3.08. The highest BCUT2D eigenvalue weighted by Gasteiger charge is 2.25. The summed E-state index contributed by atoms with van der Waals surface area (Å²) in [6.45, 7) is 0.933. The van der Waals surface area contributed by atoms with Gasteiger partial charge in [0.15, 0.2) is 11.6 Å². The second-order valence-corrected chi connectivity index (χ2v) is 5.28. The Morgan fingerprint density at radius 2 is 1.96 bits per heavy atom. The molecule has 2 amide bonds. The van der Waals surface area contributed by atoms with E-state index in [2.05, 4.69) is 10.3 Å². The minimum atomic E-state index is -0.204. The molecule has 1 aliphatic rings. The lowest BCUT2D eigenvalue weighted by Gasteiger charge is -2.28. The van der Waals surface area contributed by atoms with Crippen molar-refractivity contribution in [1.82, 2.24) is 4.98 Å². The fraction of sp³-hybridized carbons (Fsp3) is 0.111. The molecule has 0 saturated heterocycles. The van der Waals surface area contributed by atoms with Crippen LogP contribution in [0.4, 0.5) is 16.3 Å². The smallest absolute Gasteiger partial charge is 0.327 e. The van der Waals surface area contributed by atoms with Gasteiger partial charge in [0, 0.05) is 11.6 Å². The van der Waals surface area contributed by atoms with E-state index in [1.807, 2.05) is 48.5 Å². The molecule has 23 heavy (non-hydrogen) atoms. The highest BCUT2D eigenvalue weighted by molar-refractivity contribution is 6.07. The lowest BCUT2D eigenvalue weighted by atomic mass is 10.1. The topological polar surface area (TPSA) is 54.5 Å². The third-order valence-corrected chi connectivity index (χ3v) is 3.86. The molecule has 2 aromatic carbocycles. The van der Waals surface area contributed by atoms with Crippen molar-refractivity contribution in [2.75, 3.05) is 23.4 Å². The molecule has 5 nitrogen and oxygen atoms in total. The summed E-state index contributed by atoms with van der Waals surface area (Å²) in [6.07, 6.45) is 1.66. The molecule has 2 heterocycles. The zero-order valence-corrected chi connectivity index (χ0v) is 12.4. The highest BCUT2D eigenvalue weighted by atomic mass is 16.5. The second-order valence-electron chi connectivity index (χ2n) is 5.28. The first kappa shape index (κ1) is 13.6. The number of hydrogen-bond acceptors (Lipinski definition) is 3. The summed E-state index contributed by atoms with van der Waals surface area (Å²) in [6, 6.07) is 17.2. The van der Waals surface area contributed by atoms with Crippen LogP contribution in [-0.2, 0) is 0 Å². The van der Waals surface area contributed by atoms with Crippen molar-refractivity contribution in [2.45, 2.75) is 0 Å². The van der Waals surface area contributed by atoms with Crippen molar-refractivity contribution in [3.05, 3.63) is 60.8 Å². The van der Waals surface area contributed by atoms with Gasteiger partial charge in [-0.3, -0.25) is 4.90 Å². The Morgan fingerprint density at radius 3 is 2.91 bits per heavy atom. The van der Waals surface area contributed by atoms with E-state index >= 15 is 0 Å². The number of anilines is 2. The summed E-state index contributed by atoms with van der Waals surface area (Å²) in [5.41, 5.74) is 0.789. The standard InChI is InChI=1S/C18H15N3O2/c22-18(21-11-12-23-16-9-4-10-19-17(16)21)20-15-8-3-6-13-5-1-2-7-14(13)15/h1-10H,11-12H2,(H,20,22). The number of fused-ring (bicyclic) bond motifs is 2. The van der Waals surface area contributed by atoms with Crippen LogP contribution in [0.3, 0.4) is 0 Å². The van der Waals surface area contributed by atoms with Crippen LogP contribution in [0, 0.1) is 0 Å². The third kappa shape index (κ3) is 2.46. The Bertz CT molecular complexity index is 874. The number of urea groups is 1. The minimum Gasteiger partial charge on any atom is -0.488 e. The van der Waals surface area contributed by atoms with Crippen LogP contribution in [0.15, 0.2) is 60.8 Å². The molecule has 0 saturated carbocycles. The summed E-state index contributed by atoms with van der Waals surface area (Å²) < 4.78 is 5.54. The van der Waals surface area contributed by atoms with Crippen LogP contribution >= 0.6 is 0 Å². The quantitative estimate of drug-likeness (QED) is 0.746. The first-order valence-electron chi connectivity index (χ1n) is 7.47. The zero-order chi connectivity index (χ0) is 15.6. The van der Waals surface area contributed by atoms with Gasteiger partial charge in [0.2, 0.25) is 0 Å². The van der Waals surface area contributed by atoms with Crippen molar-refractivity contribution in [3.63, 3.8) is 0 Å². The molecule has 0 bridgehead atoms. The maximum absolute atomic E-state index is 12.7. The van der Waals surface area contributed by atoms with Gasteiger partial charge in [0.25, 0.3) is 0 Å². The van der Waals surface area contributed by atoms with E-state index in [9.17, 15) is 4.79 Å². The van der Waals surface area contributed by atoms with E-state index in [1.165, 1.54) is 0 Å². The van der Waals surface area contributed by atoms with E-state index < -0.39 is 0 Å². The minimum absolute atomic E-state index is 0.204. The van der Waals surface area contributed by atoms with Crippen molar-refractivity contribution in [2.24, 2.45) is 0 Å². The maximum Gasteiger partial charge on any atom is 0.327 e. The number of ether oxygens (including phenoxy) is 1. The number of nitrogens with one attached hydrogen (secondary N) is 1. The fourth-order valence-electron chi connectivity index (χ4n) is 2.77. The second kappa shape index (κ2) is 5.61. The number of rotatable bonds is 1.